The fraction of sp³-hybridized carbons (Fsp3) is 0.500. The summed E-state index contributed by atoms with van der Waals surface area (Å²) in [4.78, 5) is 13.9. The van der Waals surface area contributed by atoms with Gasteiger partial charge < -0.3 is 10.4 Å². The number of halogens is 2. The lowest BCUT2D eigenvalue weighted by atomic mass is 9.98. The molecule has 20 heavy (non-hydrogen) atoms. The van der Waals surface area contributed by atoms with E-state index in [1.54, 1.807) is 0 Å². The van der Waals surface area contributed by atoms with E-state index < -0.39 is 5.82 Å². The molecule has 1 saturated heterocycles. The third-order valence-electron chi connectivity index (χ3n) is 3.54. The van der Waals surface area contributed by atoms with Crippen LogP contribution in [0.1, 0.15) is 12.8 Å². The van der Waals surface area contributed by atoms with Gasteiger partial charge in [0, 0.05) is 11.6 Å². The molecular weight excluding hydrogens is 283 g/mol. The molecule has 6 heteroatoms. The Morgan fingerprint density at radius 1 is 1.45 bits per heavy atom. The molecule has 1 heterocycles. The Hall–Kier alpha value is -1.17. The monoisotopic (exact) mass is 300 g/mol. The van der Waals surface area contributed by atoms with Gasteiger partial charge in [-0.1, -0.05) is 11.6 Å². The second kappa shape index (κ2) is 7.02. The molecular formula is C14H18ClFN2O2. The Kier molecular flexibility index (Phi) is 5.34. The number of anilines is 1. The SMILES string of the molecule is O=C(CN1CCC(CO)CC1)Nc1cc(Cl)ccc1F. The van der Waals surface area contributed by atoms with Gasteiger partial charge in [-0.15, -0.1) is 0 Å². The number of hydrogen-bond acceptors (Lipinski definition) is 3. The highest BCUT2D eigenvalue weighted by atomic mass is 35.5. The number of likely N-dealkylation sites (tertiary alicyclic amines) is 1. The number of piperidine rings is 1. The highest BCUT2D eigenvalue weighted by molar-refractivity contribution is 6.30. The number of carbonyl (C=O) groups is 1. The number of aliphatic hydroxyl groups is 1. The van der Waals surface area contributed by atoms with Crippen LogP contribution in [-0.2, 0) is 4.79 Å². The molecule has 2 N–H and O–H groups in total. The number of rotatable bonds is 4. The van der Waals surface area contributed by atoms with Crippen molar-refractivity contribution in [3.05, 3.63) is 29.0 Å². The summed E-state index contributed by atoms with van der Waals surface area (Å²) in [5.74, 6) is -0.421. The van der Waals surface area contributed by atoms with Crippen LogP contribution in [0.25, 0.3) is 0 Å². The molecule has 1 aliphatic heterocycles. The van der Waals surface area contributed by atoms with Gasteiger partial charge in [0.1, 0.15) is 5.82 Å². The first kappa shape index (κ1) is 15.2. The largest absolute Gasteiger partial charge is 0.396 e. The Morgan fingerprint density at radius 3 is 2.80 bits per heavy atom. The van der Waals surface area contributed by atoms with E-state index in [0.29, 0.717) is 10.9 Å². The molecule has 0 spiro atoms. The molecule has 2 rings (SSSR count). The first-order chi connectivity index (χ1) is 9.58. The number of nitrogens with one attached hydrogen (secondary N) is 1. The smallest absolute Gasteiger partial charge is 0.238 e. The van der Waals surface area contributed by atoms with Gasteiger partial charge in [-0.2, -0.15) is 0 Å². The Bertz CT molecular complexity index is 476. The maximum atomic E-state index is 13.5. The van der Waals surface area contributed by atoms with E-state index in [9.17, 15) is 9.18 Å². The molecule has 0 unspecified atom stereocenters. The quantitative estimate of drug-likeness (QED) is 0.895. The molecule has 1 aliphatic rings. The zero-order chi connectivity index (χ0) is 14.5. The summed E-state index contributed by atoms with van der Waals surface area (Å²) in [5.41, 5.74) is 0.104. The highest BCUT2D eigenvalue weighted by Gasteiger charge is 2.20. The van der Waals surface area contributed by atoms with Gasteiger partial charge in [0.15, 0.2) is 0 Å². The van der Waals surface area contributed by atoms with Gasteiger partial charge >= 0.3 is 0 Å². The second-order valence-electron chi connectivity index (χ2n) is 5.07. The number of aliphatic hydroxyl groups excluding tert-OH is 1. The predicted molar refractivity (Wildman–Crippen MR) is 76.3 cm³/mol. The molecule has 0 aromatic heterocycles. The van der Waals surface area contributed by atoms with Gasteiger partial charge in [-0.25, -0.2) is 4.39 Å². The lowest BCUT2D eigenvalue weighted by Crippen LogP contribution is -2.39. The summed E-state index contributed by atoms with van der Waals surface area (Å²) in [6.45, 7) is 1.98. The number of benzene rings is 1. The van der Waals surface area contributed by atoms with E-state index >= 15 is 0 Å². The molecule has 1 aromatic carbocycles. The number of nitrogens with zero attached hydrogens (tertiary/aromatic N) is 1. The van der Waals surface area contributed by atoms with Gasteiger partial charge in [-0.3, -0.25) is 9.69 Å². The summed E-state index contributed by atoms with van der Waals surface area (Å²) < 4.78 is 13.5. The minimum atomic E-state index is -0.498. The standard InChI is InChI=1S/C14H18ClFN2O2/c15-11-1-2-12(16)13(7-11)17-14(20)8-18-5-3-10(9-19)4-6-18/h1-2,7,10,19H,3-6,8-9H2,(H,17,20). The lowest BCUT2D eigenvalue weighted by molar-refractivity contribution is -0.117. The summed E-state index contributed by atoms with van der Waals surface area (Å²) in [6.07, 6.45) is 1.77. The van der Waals surface area contributed by atoms with Crippen molar-refractivity contribution < 1.29 is 14.3 Å². The van der Waals surface area contributed by atoms with Crippen molar-refractivity contribution in [1.29, 1.82) is 0 Å². The fourth-order valence-corrected chi connectivity index (χ4v) is 2.49. The predicted octanol–water partition coefficient (Wildman–Crippen LogP) is 2.12. The molecule has 1 aromatic rings. The maximum Gasteiger partial charge on any atom is 0.238 e. The van der Waals surface area contributed by atoms with Crippen molar-refractivity contribution in [2.75, 3.05) is 31.6 Å². The summed E-state index contributed by atoms with van der Waals surface area (Å²) in [5, 5.41) is 12.0. The van der Waals surface area contributed by atoms with Crippen LogP contribution in [-0.4, -0.2) is 42.2 Å². The number of carbonyl (C=O) groups excluding carboxylic acids is 1. The minimum absolute atomic E-state index is 0.104. The fourth-order valence-electron chi connectivity index (χ4n) is 2.31. The van der Waals surface area contributed by atoms with Gasteiger partial charge in [0.25, 0.3) is 0 Å². The first-order valence-electron chi connectivity index (χ1n) is 6.66. The van der Waals surface area contributed by atoms with Crippen LogP contribution in [0.3, 0.4) is 0 Å². The molecule has 0 saturated carbocycles. The topological polar surface area (TPSA) is 52.6 Å². The van der Waals surface area contributed by atoms with E-state index in [2.05, 4.69) is 5.32 Å². The van der Waals surface area contributed by atoms with E-state index in [1.165, 1.54) is 18.2 Å². The molecule has 0 aliphatic carbocycles. The molecule has 4 nitrogen and oxygen atoms in total. The third-order valence-corrected chi connectivity index (χ3v) is 3.77. The summed E-state index contributed by atoms with van der Waals surface area (Å²) >= 11 is 5.77. The van der Waals surface area contributed by atoms with Crippen molar-refractivity contribution in [1.82, 2.24) is 4.90 Å². The molecule has 110 valence electrons. The average molecular weight is 301 g/mol. The average Bonchev–Trinajstić information content (AvgIpc) is 2.43. The highest BCUT2D eigenvalue weighted by Crippen LogP contribution is 2.20. The van der Waals surface area contributed by atoms with E-state index in [1.807, 2.05) is 4.90 Å². The molecule has 0 atom stereocenters. The van der Waals surface area contributed by atoms with Crippen LogP contribution in [0.2, 0.25) is 5.02 Å². The van der Waals surface area contributed by atoms with Crippen molar-refractivity contribution >= 4 is 23.2 Å². The van der Waals surface area contributed by atoms with Crippen LogP contribution >= 0.6 is 11.6 Å². The summed E-state index contributed by atoms with van der Waals surface area (Å²) in [6, 6.07) is 4.06. The van der Waals surface area contributed by atoms with E-state index in [-0.39, 0.29) is 24.7 Å². The third kappa shape index (κ3) is 4.16. The van der Waals surface area contributed by atoms with Crippen molar-refractivity contribution in [3.8, 4) is 0 Å². The molecule has 1 amide bonds. The maximum absolute atomic E-state index is 13.5. The molecule has 0 radical (unpaired) electrons. The Labute approximate surface area is 122 Å². The number of hydrogen-bond donors (Lipinski definition) is 2. The van der Waals surface area contributed by atoms with Crippen molar-refractivity contribution in [2.24, 2.45) is 5.92 Å². The van der Waals surface area contributed by atoms with E-state index in [4.69, 9.17) is 16.7 Å². The Balaban J connectivity index is 1.85. The van der Waals surface area contributed by atoms with Crippen LogP contribution in [0.5, 0.6) is 0 Å². The molecule has 1 fully saturated rings. The second-order valence-corrected chi connectivity index (χ2v) is 5.51. The lowest BCUT2D eigenvalue weighted by Gasteiger charge is -2.30. The zero-order valence-corrected chi connectivity index (χ0v) is 11.9. The van der Waals surface area contributed by atoms with Crippen LogP contribution in [0.4, 0.5) is 10.1 Å². The van der Waals surface area contributed by atoms with Crippen molar-refractivity contribution in [2.45, 2.75) is 12.8 Å². The van der Waals surface area contributed by atoms with E-state index in [0.717, 1.165) is 25.9 Å². The molecule has 0 bridgehead atoms. The zero-order valence-electron chi connectivity index (χ0n) is 11.1. The van der Waals surface area contributed by atoms with Gasteiger partial charge in [-0.05, 0) is 50.0 Å². The minimum Gasteiger partial charge on any atom is -0.396 e. The van der Waals surface area contributed by atoms with Gasteiger partial charge in [0.2, 0.25) is 5.91 Å². The Morgan fingerprint density at radius 2 is 2.15 bits per heavy atom. The van der Waals surface area contributed by atoms with Crippen LogP contribution in [0, 0.1) is 11.7 Å². The normalized spacial score (nSPS) is 17.1. The van der Waals surface area contributed by atoms with Crippen LogP contribution in [0.15, 0.2) is 18.2 Å². The first-order valence-corrected chi connectivity index (χ1v) is 7.04. The van der Waals surface area contributed by atoms with Gasteiger partial charge in [0.05, 0.1) is 12.2 Å². The van der Waals surface area contributed by atoms with Crippen LogP contribution < -0.4 is 5.32 Å². The number of amides is 1. The van der Waals surface area contributed by atoms with Crippen molar-refractivity contribution in [3.63, 3.8) is 0 Å². The summed E-state index contributed by atoms with van der Waals surface area (Å²) in [7, 11) is 0.